The molecule has 1 atom stereocenters. The molecular formula is C25H26N8. The molecule has 0 bridgehead atoms. The van der Waals surface area contributed by atoms with Crippen molar-refractivity contribution in [2.24, 2.45) is 7.05 Å². The van der Waals surface area contributed by atoms with Crippen LogP contribution < -0.4 is 10.2 Å². The fourth-order valence-electron chi connectivity index (χ4n) is 4.61. The van der Waals surface area contributed by atoms with Crippen molar-refractivity contribution in [3.05, 3.63) is 70.3 Å². The molecule has 1 aliphatic rings. The first-order valence-corrected chi connectivity index (χ1v) is 11.1. The molecule has 1 aromatic carbocycles. The highest BCUT2D eigenvalue weighted by Gasteiger charge is 2.21. The second kappa shape index (κ2) is 8.17. The molecule has 0 amide bonds. The summed E-state index contributed by atoms with van der Waals surface area (Å²) in [6.07, 6.45) is 4.88. The van der Waals surface area contributed by atoms with Gasteiger partial charge in [0.2, 0.25) is 0 Å². The van der Waals surface area contributed by atoms with Crippen LogP contribution in [0.3, 0.4) is 0 Å². The van der Waals surface area contributed by atoms with Crippen molar-refractivity contribution in [1.29, 1.82) is 5.26 Å². The molecule has 8 nitrogen and oxygen atoms in total. The first kappa shape index (κ1) is 20.9. The molecule has 5 rings (SSSR count). The van der Waals surface area contributed by atoms with Crippen molar-refractivity contribution in [2.45, 2.75) is 39.8 Å². The van der Waals surface area contributed by atoms with Gasteiger partial charge in [0.05, 0.1) is 29.1 Å². The summed E-state index contributed by atoms with van der Waals surface area (Å²) in [5, 5.41) is 28.3. The number of nitrogens with one attached hydrogen (secondary N) is 1. The zero-order valence-corrected chi connectivity index (χ0v) is 19.3. The number of nitriles is 1. The number of nitrogens with zero attached hydrogens (tertiary/aromatic N) is 7. The maximum atomic E-state index is 9.39. The normalized spacial score (nSPS) is 14.1. The molecule has 4 aromatic rings. The van der Waals surface area contributed by atoms with Crippen molar-refractivity contribution < 1.29 is 0 Å². The van der Waals surface area contributed by atoms with Gasteiger partial charge < -0.3 is 10.2 Å². The smallest absolute Gasteiger partial charge is 0.157 e. The number of rotatable bonds is 4. The first-order chi connectivity index (χ1) is 15.9. The summed E-state index contributed by atoms with van der Waals surface area (Å²) >= 11 is 0. The molecule has 0 spiro atoms. The van der Waals surface area contributed by atoms with Crippen LogP contribution in [0.15, 0.2) is 36.7 Å². The van der Waals surface area contributed by atoms with Crippen LogP contribution in [0.2, 0.25) is 0 Å². The SMILES string of the molecule is Cc1c(C#N)cccc1[C@@H](C)Nc1nnc(C)c2cnc(N3CCc4nn(C)cc4C3)cc12. The van der Waals surface area contributed by atoms with Gasteiger partial charge in [-0.3, -0.25) is 4.68 Å². The second-order valence-electron chi connectivity index (χ2n) is 8.67. The Morgan fingerprint density at radius 2 is 2.03 bits per heavy atom. The average Bonchev–Trinajstić information content (AvgIpc) is 3.20. The van der Waals surface area contributed by atoms with E-state index >= 15 is 0 Å². The zero-order chi connectivity index (χ0) is 23.1. The van der Waals surface area contributed by atoms with E-state index in [-0.39, 0.29) is 6.04 Å². The maximum absolute atomic E-state index is 9.39. The summed E-state index contributed by atoms with van der Waals surface area (Å²) in [5.74, 6) is 1.63. The lowest BCUT2D eigenvalue weighted by Crippen LogP contribution is -2.30. The van der Waals surface area contributed by atoms with Crippen molar-refractivity contribution in [2.75, 3.05) is 16.8 Å². The van der Waals surface area contributed by atoms with Crippen LogP contribution in [0.1, 0.15) is 46.6 Å². The lowest BCUT2D eigenvalue weighted by molar-refractivity contribution is 0.695. The minimum absolute atomic E-state index is 0.0388. The standard InChI is InChI=1S/C25H26N8/c1-15-18(11-26)6-5-7-20(15)16(2)28-25-21-10-24(27-12-22(21)17(3)29-30-25)33-9-8-23-19(14-33)13-32(4)31-23/h5-7,10,12-13,16H,8-9,14H2,1-4H3,(H,28,30)/t16-/m1/s1. The monoisotopic (exact) mass is 438 g/mol. The third-order valence-corrected chi connectivity index (χ3v) is 6.45. The fraction of sp³-hybridized carbons (Fsp3) is 0.320. The van der Waals surface area contributed by atoms with Gasteiger partial charge >= 0.3 is 0 Å². The van der Waals surface area contributed by atoms with Crippen LogP contribution in [0.25, 0.3) is 10.8 Å². The van der Waals surface area contributed by atoms with Crippen molar-refractivity contribution in [1.82, 2.24) is 25.0 Å². The van der Waals surface area contributed by atoms with Crippen LogP contribution in [0, 0.1) is 25.2 Å². The number of aromatic nitrogens is 5. The highest BCUT2D eigenvalue weighted by Crippen LogP contribution is 2.31. The molecule has 3 aromatic heterocycles. The number of fused-ring (bicyclic) bond motifs is 2. The van der Waals surface area contributed by atoms with Gasteiger partial charge in [-0.05, 0) is 44.0 Å². The number of aryl methyl sites for hydroxylation is 2. The highest BCUT2D eigenvalue weighted by atomic mass is 15.3. The molecule has 1 N–H and O–H groups in total. The summed E-state index contributed by atoms with van der Waals surface area (Å²) in [5.41, 5.74) is 5.99. The summed E-state index contributed by atoms with van der Waals surface area (Å²) in [6.45, 7) is 7.68. The van der Waals surface area contributed by atoms with Crippen molar-refractivity contribution >= 4 is 22.4 Å². The third kappa shape index (κ3) is 3.76. The summed E-state index contributed by atoms with van der Waals surface area (Å²) in [7, 11) is 1.96. The van der Waals surface area contributed by atoms with Crippen molar-refractivity contribution in [3.8, 4) is 6.07 Å². The van der Waals surface area contributed by atoms with E-state index in [1.54, 1.807) is 0 Å². The molecule has 0 aliphatic carbocycles. The lowest BCUT2D eigenvalue weighted by atomic mass is 9.98. The number of hydrogen-bond donors (Lipinski definition) is 1. The quantitative estimate of drug-likeness (QED) is 0.515. The minimum Gasteiger partial charge on any atom is -0.362 e. The maximum Gasteiger partial charge on any atom is 0.157 e. The Morgan fingerprint density at radius 1 is 1.18 bits per heavy atom. The molecule has 0 unspecified atom stereocenters. The van der Waals surface area contributed by atoms with Gasteiger partial charge in [-0.15, -0.1) is 5.10 Å². The van der Waals surface area contributed by atoms with E-state index in [0.29, 0.717) is 11.4 Å². The molecule has 8 heteroatoms. The van der Waals surface area contributed by atoms with Gasteiger partial charge in [0.1, 0.15) is 5.82 Å². The number of hydrogen-bond acceptors (Lipinski definition) is 7. The molecule has 166 valence electrons. The van der Waals surface area contributed by atoms with E-state index in [9.17, 15) is 5.26 Å². The largest absolute Gasteiger partial charge is 0.362 e. The number of benzene rings is 1. The van der Waals surface area contributed by atoms with Crippen LogP contribution in [0.4, 0.5) is 11.6 Å². The van der Waals surface area contributed by atoms with E-state index in [1.165, 1.54) is 11.3 Å². The molecule has 33 heavy (non-hydrogen) atoms. The topological polar surface area (TPSA) is 95.6 Å². The van der Waals surface area contributed by atoms with Gasteiger partial charge in [-0.25, -0.2) is 4.98 Å². The Morgan fingerprint density at radius 3 is 2.85 bits per heavy atom. The molecule has 0 saturated heterocycles. The van der Waals surface area contributed by atoms with Gasteiger partial charge in [-0.1, -0.05) is 12.1 Å². The molecule has 0 saturated carbocycles. The highest BCUT2D eigenvalue weighted by molar-refractivity contribution is 5.94. The molecular weight excluding hydrogens is 412 g/mol. The zero-order valence-electron chi connectivity index (χ0n) is 19.3. The Kier molecular flexibility index (Phi) is 5.17. The van der Waals surface area contributed by atoms with E-state index in [0.717, 1.165) is 52.9 Å². The van der Waals surface area contributed by atoms with Gasteiger partial charge in [0.15, 0.2) is 5.82 Å². The number of anilines is 2. The van der Waals surface area contributed by atoms with E-state index in [4.69, 9.17) is 4.98 Å². The summed E-state index contributed by atoms with van der Waals surface area (Å²) in [4.78, 5) is 7.04. The van der Waals surface area contributed by atoms with Crippen LogP contribution in [-0.4, -0.2) is 31.5 Å². The van der Waals surface area contributed by atoms with E-state index in [2.05, 4.69) is 50.8 Å². The molecule has 4 heterocycles. The summed E-state index contributed by atoms with van der Waals surface area (Å²) in [6, 6.07) is 10.1. The minimum atomic E-state index is -0.0388. The molecule has 1 aliphatic heterocycles. The Balaban J connectivity index is 1.50. The van der Waals surface area contributed by atoms with Gasteiger partial charge in [0.25, 0.3) is 0 Å². The lowest BCUT2D eigenvalue weighted by Gasteiger charge is -2.27. The second-order valence-corrected chi connectivity index (χ2v) is 8.67. The summed E-state index contributed by atoms with van der Waals surface area (Å²) < 4.78 is 1.88. The molecule has 0 radical (unpaired) electrons. The van der Waals surface area contributed by atoms with Gasteiger partial charge in [0, 0.05) is 55.3 Å². The van der Waals surface area contributed by atoms with Crippen LogP contribution in [0.5, 0.6) is 0 Å². The Bertz CT molecular complexity index is 1400. The van der Waals surface area contributed by atoms with E-state index < -0.39 is 0 Å². The fourth-order valence-corrected chi connectivity index (χ4v) is 4.61. The average molecular weight is 439 g/mol. The third-order valence-electron chi connectivity index (χ3n) is 6.45. The Labute approximate surface area is 192 Å². The van der Waals surface area contributed by atoms with E-state index in [1.807, 2.05) is 50.0 Å². The number of pyridine rings is 1. The predicted octanol–water partition coefficient (Wildman–Crippen LogP) is 3.98. The van der Waals surface area contributed by atoms with Crippen molar-refractivity contribution in [3.63, 3.8) is 0 Å². The Hall–Kier alpha value is -3.99. The predicted molar refractivity (Wildman–Crippen MR) is 128 cm³/mol. The van der Waals surface area contributed by atoms with Crippen LogP contribution in [-0.2, 0) is 20.0 Å². The first-order valence-electron chi connectivity index (χ1n) is 11.1. The van der Waals surface area contributed by atoms with Crippen LogP contribution >= 0.6 is 0 Å². The van der Waals surface area contributed by atoms with Gasteiger partial charge in [-0.2, -0.15) is 15.5 Å². The molecule has 0 fully saturated rings.